The fourth-order valence-electron chi connectivity index (χ4n) is 1.94. The lowest BCUT2D eigenvalue weighted by Crippen LogP contribution is -2.41. The van der Waals surface area contributed by atoms with Gasteiger partial charge in [-0.2, -0.15) is 4.31 Å². The van der Waals surface area contributed by atoms with Gasteiger partial charge in [0.05, 0.1) is 17.8 Å². The highest BCUT2D eigenvalue weighted by Crippen LogP contribution is 2.20. The van der Waals surface area contributed by atoms with Gasteiger partial charge in [0.25, 0.3) is 0 Å². The second kappa shape index (κ2) is 5.01. The Morgan fingerprint density at radius 1 is 1.38 bits per heavy atom. The number of nitrogens with zero attached hydrogens (tertiary/aromatic N) is 1. The molecule has 1 aliphatic heterocycles. The molecule has 0 unspecified atom stereocenters. The molecule has 1 rings (SSSR count). The number of sulfonamides is 1. The van der Waals surface area contributed by atoms with Gasteiger partial charge in [-0.15, -0.1) is 0 Å². The van der Waals surface area contributed by atoms with Crippen molar-refractivity contribution in [3.8, 4) is 0 Å². The van der Waals surface area contributed by atoms with Crippen LogP contribution in [0.3, 0.4) is 0 Å². The average molecular weight is 269 g/mol. The van der Waals surface area contributed by atoms with Crippen molar-refractivity contribution >= 4 is 19.9 Å². The van der Waals surface area contributed by atoms with Crippen LogP contribution in [0.2, 0.25) is 0 Å². The molecule has 96 valence electrons. The zero-order valence-corrected chi connectivity index (χ0v) is 11.3. The summed E-state index contributed by atoms with van der Waals surface area (Å²) in [6.07, 6.45) is 3.24. The van der Waals surface area contributed by atoms with Crippen LogP contribution >= 0.6 is 0 Å². The Balaban J connectivity index is 2.79. The fraction of sp³-hybridized carbons (Fsp3) is 1.00. The highest BCUT2D eigenvalue weighted by atomic mass is 32.2. The molecule has 0 spiro atoms. The monoisotopic (exact) mass is 269 g/mol. The molecule has 1 heterocycles. The van der Waals surface area contributed by atoms with Gasteiger partial charge in [0.15, 0.2) is 9.84 Å². The molecule has 0 aromatic rings. The van der Waals surface area contributed by atoms with E-state index in [0.29, 0.717) is 13.0 Å². The molecule has 0 aromatic carbocycles. The average Bonchev–Trinajstić information content (AvgIpc) is 2.44. The van der Waals surface area contributed by atoms with Gasteiger partial charge >= 0.3 is 0 Å². The minimum atomic E-state index is -3.30. The molecule has 0 aromatic heterocycles. The van der Waals surface area contributed by atoms with E-state index in [9.17, 15) is 16.8 Å². The van der Waals surface area contributed by atoms with E-state index < -0.39 is 19.9 Å². The Morgan fingerprint density at radius 2 is 2.00 bits per heavy atom. The second-order valence-electron chi connectivity index (χ2n) is 4.28. The highest BCUT2D eigenvalue weighted by molar-refractivity contribution is 7.92. The van der Waals surface area contributed by atoms with Crippen molar-refractivity contribution in [1.82, 2.24) is 4.31 Å². The van der Waals surface area contributed by atoms with Crippen molar-refractivity contribution in [2.45, 2.75) is 32.2 Å². The molecule has 0 bridgehead atoms. The molecular weight excluding hydrogens is 250 g/mol. The Bertz CT molecular complexity index is 426. The summed E-state index contributed by atoms with van der Waals surface area (Å²) in [5.41, 5.74) is 0. The summed E-state index contributed by atoms with van der Waals surface area (Å²) >= 11 is 0. The third-order valence-electron chi connectivity index (χ3n) is 2.77. The van der Waals surface area contributed by atoms with E-state index >= 15 is 0 Å². The van der Waals surface area contributed by atoms with Gasteiger partial charge in [-0.25, -0.2) is 16.8 Å². The van der Waals surface area contributed by atoms with Crippen LogP contribution in [0.4, 0.5) is 0 Å². The molecule has 1 fully saturated rings. The Kier molecular flexibility index (Phi) is 4.36. The van der Waals surface area contributed by atoms with Gasteiger partial charge in [-0.05, 0) is 12.8 Å². The first kappa shape index (κ1) is 13.9. The lowest BCUT2D eigenvalue weighted by molar-refractivity contribution is 0.337. The molecule has 0 radical (unpaired) electrons. The third-order valence-corrected chi connectivity index (χ3v) is 5.86. The van der Waals surface area contributed by atoms with Crippen LogP contribution in [0.25, 0.3) is 0 Å². The fourth-order valence-corrected chi connectivity index (χ4v) is 4.94. The summed E-state index contributed by atoms with van der Waals surface area (Å²) in [5.74, 6) is 0.0829. The van der Waals surface area contributed by atoms with Crippen LogP contribution in [-0.2, 0) is 19.9 Å². The number of unbranched alkanes of at least 4 members (excludes halogenated alkanes) is 1. The van der Waals surface area contributed by atoms with Crippen LogP contribution in [0.1, 0.15) is 26.2 Å². The molecule has 5 nitrogen and oxygen atoms in total. The first-order chi connectivity index (χ1) is 7.26. The van der Waals surface area contributed by atoms with E-state index in [-0.39, 0.29) is 17.5 Å². The van der Waals surface area contributed by atoms with Crippen molar-refractivity contribution < 1.29 is 16.8 Å². The van der Waals surface area contributed by atoms with Crippen LogP contribution in [0.5, 0.6) is 0 Å². The van der Waals surface area contributed by atoms with E-state index in [1.165, 1.54) is 4.31 Å². The van der Waals surface area contributed by atoms with Crippen molar-refractivity contribution in [2.75, 3.05) is 24.3 Å². The third kappa shape index (κ3) is 3.71. The number of sulfone groups is 1. The molecule has 1 saturated heterocycles. The summed E-state index contributed by atoms with van der Waals surface area (Å²) in [7, 11) is -6.33. The molecule has 7 heteroatoms. The summed E-state index contributed by atoms with van der Waals surface area (Å²) < 4.78 is 47.1. The van der Waals surface area contributed by atoms with Gasteiger partial charge in [-0.3, -0.25) is 0 Å². The topological polar surface area (TPSA) is 71.5 Å². The highest BCUT2D eigenvalue weighted by Gasteiger charge is 2.35. The maximum absolute atomic E-state index is 11.6. The summed E-state index contributed by atoms with van der Waals surface area (Å²) in [5, 5.41) is 0. The van der Waals surface area contributed by atoms with Crippen molar-refractivity contribution in [3.05, 3.63) is 0 Å². The Labute approximate surface area is 97.8 Å². The molecule has 0 amide bonds. The predicted molar refractivity (Wildman–Crippen MR) is 63.5 cm³/mol. The van der Waals surface area contributed by atoms with Gasteiger partial charge in [-0.1, -0.05) is 13.3 Å². The quantitative estimate of drug-likeness (QED) is 0.716. The van der Waals surface area contributed by atoms with Crippen LogP contribution in [0, 0.1) is 0 Å². The summed E-state index contributed by atoms with van der Waals surface area (Å²) in [4.78, 5) is 0. The Morgan fingerprint density at radius 3 is 2.38 bits per heavy atom. The molecule has 16 heavy (non-hydrogen) atoms. The van der Waals surface area contributed by atoms with E-state index in [1.54, 1.807) is 0 Å². The largest absolute Gasteiger partial charge is 0.229 e. The minimum Gasteiger partial charge on any atom is -0.229 e. The molecule has 1 aliphatic rings. The molecule has 0 aliphatic carbocycles. The predicted octanol–water partition coefficient (Wildman–Crippen LogP) is 0.235. The van der Waals surface area contributed by atoms with E-state index in [4.69, 9.17) is 0 Å². The normalized spacial score (nSPS) is 25.1. The summed E-state index contributed by atoms with van der Waals surface area (Å²) in [6.45, 7) is 2.40. The van der Waals surface area contributed by atoms with Gasteiger partial charge in [0.2, 0.25) is 10.0 Å². The van der Waals surface area contributed by atoms with E-state index in [0.717, 1.165) is 19.1 Å². The first-order valence-electron chi connectivity index (χ1n) is 5.43. The lowest BCUT2D eigenvalue weighted by atomic mass is 10.2. The minimum absolute atomic E-state index is 0.0240. The molecule has 0 N–H and O–H groups in total. The zero-order valence-electron chi connectivity index (χ0n) is 9.72. The smallest absolute Gasteiger partial charge is 0.211 e. The van der Waals surface area contributed by atoms with Crippen molar-refractivity contribution in [2.24, 2.45) is 0 Å². The number of hydrogen-bond acceptors (Lipinski definition) is 4. The van der Waals surface area contributed by atoms with E-state index in [2.05, 4.69) is 0 Å². The lowest BCUT2D eigenvalue weighted by Gasteiger charge is -2.25. The Hall–Kier alpha value is -0.140. The number of hydrogen-bond donors (Lipinski definition) is 0. The standard InChI is InChI=1S/C9H19NO4S2/c1-3-4-6-10(15(2,11)12)9-5-7-16(13,14)8-9/h9H,3-8H2,1-2H3/t9-/m1/s1. The van der Waals surface area contributed by atoms with Gasteiger partial charge < -0.3 is 0 Å². The maximum atomic E-state index is 11.6. The first-order valence-corrected chi connectivity index (χ1v) is 9.10. The van der Waals surface area contributed by atoms with Gasteiger partial charge in [0.1, 0.15) is 0 Å². The van der Waals surface area contributed by atoms with Crippen LogP contribution < -0.4 is 0 Å². The SMILES string of the molecule is CCCCN([C@@H]1CCS(=O)(=O)C1)S(C)(=O)=O. The number of rotatable bonds is 5. The molecule has 0 saturated carbocycles. The van der Waals surface area contributed by atoms with Gasteiger partial charge in [0, 0.05) is 12.6 Å². The van der Waals surface area contributed by atoms with E-state index in [1.807, 2.05) is 6.92 Å². The van der Waals surface area contributed by atoms with Crippen molar-refractivity contribution in [3.63, 3.8) is 0 Å². The van der Waals surface area contributed by atoms with Crippen LogP contribution in [0.15, 0.2) is 0 Å². The van der Waals surface area contributed by atoms with Crippen molar-refractivity contribution in [1.29, 1.82) is 0 Å². The second-order valence-corrected chi connectivity index (χ2v) is 8.45. The molecular formula is C9H19NO4S2. The molecule has 1 atom stereocenters. The summed E-state index contributed by atoms with van der Waals surface area (Å²) in [6, 6.07) is -0.355. The maximum Gasteiger partial charge on any atom is 0.211 e. The zero-order chi connectivity index (χ0) is 12.4. The van der Waals surface area contributed by atoms with Crippen LogP contribution in [-0.4, -0.2) is 51.5 Å².